The van der Waals surface area contributed by atoms with Gasteiger partial charge in [0.15, 0.2) is 12.3 Å². The quantitative estimate of drug-likeness (QED) is 0.650. The molecule has 2 heterocycles. The van der Waals surface area contributed by atoms with E-state index >= 15 is 0 Å². The highest BCUT2D eigenvalue weighted by Crippen LogP contribution is 2.18. The van der Waals surface area contributed by atoms with Crippen molar-refractivity contribution in [2.45, 2.75) is 32.7 Å². The molecule has 7 nitrogen and oxygen atoms in total. The number of aryl methyl sites for hydroxylation is 1. The second-order valence-corrected chi connectivity index (χ2v) is 6.29. The summed E-state index contributed by atoms with van der Waals surface area (Å²) in [6, 6.07) is 13.0. The molecule has 3 rings (SSSR count). The Labute approximate surface area is 157 Å². The number of benzene rings is 1. The number of amides is 1. The highest BCUT2D eigenvalue weighted by atomic mass is 16.5. The van der Waals surface area contributed by atoms with E-state index in [1.807, 2.05) is 30.3 Å². The van der Waals surface area contributed by atoms with Crippen molar-refractivity contribution in [2.24, 2.45) is 0 Å². The van der Waals surface area contributed by atoms with Crippen LogP contribution >= 0.6 is 0 Å². The number of ether oxygens (including phenoxy) is 1. The van der Waals surface area contributed by atoms with Crippen LogP contribution in [0.2, 0.25) is 0 Å². The largest absolute Gasteiger partial charge is 0.452 e. The Morgan fingerprint density at radius 3 is 2.67 bits per heavy atom. The summed E-state index contributed by atoms with van der Waals surface area (Å²) in [5.74, 6) is -0.221. The topological polar surface area (TPSA) is 85.6 Å². The fraction of sp³-hybridized carbons (Fsp3) is 0.300. The number of nitrogens with one attached hydrogen (secondary N) is 1. The number of fused-ring (bicyclic) bond motifs is 1. The molecule has 1 amide bonds. The predicted molar refractivity (Wildman–Crippen MR) is 100 cm³/mol. The lowest BCUT2D eigenvalue weighted by Crippen LogP contribution is -2.32. The van der Waals surface area contributed by atoms with Crippen LogP contribution in [0.15, 0.2) is 48.7 Å². The van der Waals surface area contributed by atoms with Crippen molar-refractivity contribution >= 4 is 17.5 Å². The van der Waals surface area contributed by atoms with Gasteiger partial charge in [0, 0.05) is 6.20 Å². The number of carbonyl (C=O) groups excluding carboxylic acids is 2. The first-order chi connectivity index (χ1) is 13.1. The molecule has 140 valence electrons. The molecule has 1 N–H and O–H groups in total. The van der Waals surface area contributed by atoms with Crippen LogP contribution in [0.25, 0.3) is 5.65 Å². The van der Waals surface area contributed by atoms with Gasteiger partial charge in [-0.1, -0.05) is 43.7 Å². The number of carbonyl (C=O) groups is 2. The van der Waals surface area contributed by atoms with Crippen LogP contribution in [0.3, 0.4) is 0 Å². The first-order valence-electron chi connectivity index (χ1n) is 8.91. The number of pyridine rings is 1. The van der Waals surface area contributed by atoms with E-state index in [0.717, 1.165) is 18.4 Å². The Balaban J connectivity index is 1.60. The molecule has 0 aliphatic rings. The molecule has 7 heteroatoms. The molecule has 1 atom stereocenters. The molecule has 1 unspecified atom stereocenters. The van der Waals surface area contributed by atoms with Gasteiger partial charge in [-0.2, -0.15) is 0 Å². The van der Waals surface area contributed by atoms with E-state index in [4.69, 9.17) is 4.74 Å². The minimum absolute atomic E-state index is 0.0987. The van der Waals surface area contributed by atoms with Crippen molar-refractivity contribution in [1.82, 2.24) is 19.9 Å². The molecular formula is C20H22N4O3. The second kappa shape index (κ2) is 8.44. The third-order valence-corrected chi connectivity index (χ3v) is 4.26. The Kier molecular flexibility index (Phi) is 5.80. The number of esters is 1. The summed E-state index contributed by atoms with van der Waals surface area (Å²) < 4.78 is 6.86. The molecule has 0 aliphatic carbocycles. The van der Waals surface area contributed by atoms with E-state index < -0.39 is 5.97 Å². The van der Waals surface area contributed by atoms with Gasteiger partial charge in [0.05, 0.1) is 11.6 Å². The Hall–Kier alpha value is -3.22. The number of nitrogens with zero attached hydrogens (tertiary/aromatic N) is 3. The third-order valence-electron chi connectivity index (χ3n) is 4.26. The lowest BCUT2D eigenvalue weighted by atomic mass is 10.0. The first kappa shape index (κ1) is 18.6. The van der Waals surface area contributed by atoms with E-state index in [0.29, 0.717) is 17.0 Å². The molecule has 3 aromatic rings. The fourth-order valence-electron chi connectivity index (χ4n) is 2.87. The van der Waals surface area contributed by atoms with Crippen LogP contribution in [0.4, 0.5) is 0 Å². The van der Waals surface area contributed by atoms with Crippen LogP contribution in [0.5, 0.6) is 0 Å². The molecule has 1 aromatic carbocycles. The highest BCUT2D eigenvalue weighted by Gasteiger charge is 2.16. The SMILES string of the molecule is CCCC(NC(=O)COC(=O)c1ccc2nnc(C)n2c1)c1ccccc1. The zero-order valence-corrected chi connectivity index (χ0v) is 15.4. The van der Waals surface area contributed by atoms with Crippen molar-refractivity contribution in [3.05, 3.63) is 65.6 Å². The van der Waals surface area contributed by atoms with Gasteiger partial charge >= 0.3 is 5.97 Å². The molecule has 2 aromatic heterocycles. The standard InChI is InChI=1S/C20H22N4O3/c1-3-7-17(15-8-5-4-6-9-15)21-19(25)13-27-20(26)16-10-11-18-23-22-14(2)24(18)12-16/h4-6,8-12,17H,3,7,13H2,1-2H3,(H,21,25). The van der Waals surface area contributed by atoms with Crippen molar-refractivity contribution in [2.75, 3.05) is 6.61 Å². The molecule has 0 fully saturated rings. The summed E-state index contributed by atoms with van der Waals surface area (Å²) in [7, 11) is 0. The summed E-state index contributed by atoms with van der Waals surface area (Å²) in [5.41, 5.74) is 2.02. The minimum Gasteiger partial charge on any atom is -0.452 e. The van der Waals surface area contributed by atoms with E-state index in [1.54, 1.807) is 29.7 Å². The normalized spacial score (nSPS) is 11.9. The third kappa shape index (κ3) is 4.49. The van der Waals surface area contributed by atoms with Gasteiger partial charge < -0.3 is 10.1 Å². The summed E-state index contributed by atoms with van der Waals surface area (Å²) in [4.78, 5) is 24.5. The lowest BCUT2D eigenvalue weighted by Gasteiger charge is -2.18. The Bertz CT molecular complexity index is 937. The monoisotopic (exact) mass is 366 g/mol. The van der Waals surface area contributed by atoms with Crippen molar-refractivity contribution in [1.29, 1.82) is 0 Å². The van der Waals surface area contributed by atoms with Crippen LogP contribution < -0.4 is 5.32 Å². The zero-order chi connectivity index (χ0) is 19.2. The van der Waals surface area contributed by atoms with E-state index in [1.165, 1.54) is 0 Å². The van der Waals surface area contributed by atoms with Gasteiger partial charge in [0.25, 0.3) is 5.91 Å². The molecule has 0 aliphatic heterocycles. The lowest BCUT2D eigenvalue weighted by molar-refractivity contribution is -0.125. The molecule has 0 saturated carbocycles. The average Bonchev–Trinajstić information content (AvgIpc) is 3.07. The van der Waals surface area contributed by atoms with Crippen LogP contribution in [-0.4, -0.2) is 33.1 Å². The van der Waals surface area contributed by atoms with Crippen molar-refractivity contribution in [3.8, 4) is 0 Å². The predicted octanol–water partition coefficient (Wildman–Crippen LogP) is 2.85. The second-order valence-electron chi connectivity index (χ2n) is 6.29. The van der Waals surface area contributed by atoms with Gasteiger partial charge in [0.2, 0.25) is 0 Å². The van der Waals surface area contributed by atoms with E-state index in [2.05, 4.69) is 22.4 Å². The smallest absolute Gasteiger partial charge is 0.340 e. The van der Waals surface area contributed by atoms with E-state index in [9.17, 15) is 9.59 Å². The molecule has 0 spiro atoms. The van der Waals surface area contributed by atoms with Gasteiger partial charge in [0.1, 0.15) is 5.82 Å². The summed E-state index contributed by atoms with van der Waals surface area (Å²) in [6.07, 6.45) is 3.35. The van der Waals surface area contributed by atoms with E-state index in [-0.39, 0.29) is 18.6 Å². The van der Waals surface area contributed by atoms with Gasteiger partial charge in [-0.25, -0.2) is 4.79 Å². The highest BCUT2D eigenvalue weighted by molar-refractivity contribution is 5.91. The summed E-state index contributed by atoms with van der Waals surface area (Å²) in [5, 5.41) is 10.8. The number of hydrogen-bond acceptors (Lipinski definition) is 5. The summed E-state index contributed by atoms with van der Waals surface area (Å²) in [6.45, 7) is 3.52. The maximum atomic E-state index is 12.3. The molecule has 27 heavy (non-hydrogen) atoms. The molecule has 0 saturated heterocycles. The van der Waals surface area contributed by atoms with Crippen molar-refractivity contribution in [3.63, 3.8) is 0 Å². The first-order valence-corrected chi connectivity index (χ1v) is 8.91. The van der Waals surface area contributed by atoms with Gasteiger partial charge in [-0.05, 0) is 31.0 Å². The fourth-order valence-corrected chi connectivity index (χ4v) is 2.87. The molecule has 0 bridgehead atoms. The maximum Gasteiger partial charge on any atom is 0.340 e. The number of hydrogen-bond donors (Lipinski definition) is 1. The Morgan fingerprint density at radius 1 is 1.15 bits per heavy atom. The molecular weight excluding hydrogens is 344 g/mol. The zero-order valence-electron chi connectivity index (χ0n) is 15.4. The Morgan fingerprint density at radius 2 is 1.93 bits per heavy atom. The average molecular weight is 366 g/mol. The van der Waals surface area contributed by atoms with Gasteiger partial charge in [-0.15, -0.1) is 10.2 Å². The van der Waals surface area contributed by atoms with Gasteiger partial charge in [-0.3, -0.25) is 9.20 Å². The van der Waals surface area contributed by atoms with Crippen LogP contribution in [0, 0.1) is 6.92 Å². The number of rotatable bonds is 7. The molecule has 0 radical (unpaired) electrons. The van der Waals surface area contributed by atoms with Crippen LogP contribution in [0.1, 0.15) is 47.6 Å². The van der Waals surface area contributed by atoms with Crippen LogP contribution in [-0.2, 0) is 9.53 Å². The number of aromatic nitrogens is 3. The minimum atomic E-state index is -0.563. The maximum absolute atomic E-state index is 12.3. The van der Waals surface area contributed by atoms with Crippen molar-refractivity contribution < 1.29 is 14.3 Å². The summed E-state index contributed by atoms with van der Waals surface area (Å²) >= 11 is 0.